The van der Waals surface area contributed by atoms with Gasteiger partial charge in [-0.2, -0.15) is 0 Å². The normalized spacial score (nSPS) is 11.5. The maximum absolute atomic E-state index is 13.7. The number of nitrogens with zero attached hydrogens (tertiary/aromatic N) is 1. The number of ether oxygens (including phenoxy) is 2. The second-order valence-electron chi connectivity index (χ2n) is 9.03. The van der Waals surface area contributed by atoms with Crippen molar-refractivity contribution in [2.45, 2.75) is 46.2 Å². The third-order valence-corrected chi connectivity index (χ3v) is 6.68. The Kier molecular flexibility index (Phi) is 10.4. The molecule has 0 aliphatic heterocycles. The van der Waals surface area contributed by atoms with Gasteiger partial charge in [0, 0.05) is 24.5 Å². The largest absolute Gasteiger partial charge is 0.497 e. The van der Waals surface area contributed by atoms with Gasteiger partial charge in [-0.1, -0.05) is 61.0 Å². The molecule has 2 amide bonds. The van der Waals surface area contributed by atoms with E-state index >= 15 is 0 Å². The van der Waals surface area contributed by atoms with E-state index < -0.39 is 6.04 Å². The van der Waals surface area contributed by atoms with Crippen LogP contribution in [0.15, 0.2) is 66.7 Å². The van der Waals surface area contributed by atoms with Crippen LogP contribution in [0.2, 0.25) is 5.02 Å². The Morgan fingerprint density at radius 1 is 0.946 bits per heavy atom. The standard InChI is InChI=1S/C30H35ClN2O4/c1-5-14-32-30(35)27(18-23-10-7-6-8-11-23)33(19-24-12-9-13-25(17-24)36-4)28(34)20-37-26-15-21(2)29(31)22(3)16-26/h6-13,15-17,27H,5,14,18-20H2,1-4H3,(H,32,35)/t27-/m1/s1. The fraction of sp³-hybridized carbons (Fsp3) is 0.333. The number of benzene rings is 3. The summed E-state index contributed by atoms with van der Waals surface area (Å²) in [4.78, 5) is 28.7. The number of halogens is 1. The molecule has 0 aliphatic rings. The molecule has 0 saturated heterocycles. The number of rotatable bonds is 12. The van der Waals surface area contributed by atoms with Crippen molar-refractivity contribution < 1.29 is 19.1 Å². The number of hydrogen-bond acceptors (Lipinski definition) is 4. The summed E-state index contributed by atoms with van der Waals surface area (Å²) in [6.07, 6.45) is 1.18. The van der Waals surface area contributed by atoms with Gasteiger partial charge in [-0.3, -0.25) is 9.59 Å². The molecule has 3 aromatic carbocycles. The Labute approximate surface area is 224 Å². The van der Waals surface area contributed by atoms with Crippen LogP contribution in [0.25, 0.3) is 0 Å². The minimum Gasteiger partial charge on any atom is -0.497 e. The summed E-state index contributed by atoms with van der Waals surface area (Å²) in [5.74, 6) is 0.758. The molecule has 0 heterocycles. The molecular weight excluding hydrogens is 488 g/mol. The summed E-state index contributed by atoms with van der Waals surface area (Å²) < 4.78 is 11.3. The Morgan fingerprint density at radius 3 is 2.27 bits per heavy atom. The van der Waals surface area contributed by atoms with E-state index in [4.69, 9.17) is 21.1 Å². The number of carbonyl (C=O) groups is 2. The maximum Gasteiger partial charge on any atom is 0.261 e. The lowest BCUT2D eigenvalue weighted by Gasteiger charge is -2.31. The smallest absolute Gasteiger partial charge is 0.261 e. The van der Waals surface area contributed by atoms with Gasteiger partial charge in [0.1, 0.15) is 17.5 Å². The molecule has 37 heavy (non-hydrogen) atoms. The quantitative estimate of drug-likeness (QED) is 0.340. The lowest BCUT2D eigenvalue weighted by Crippen LogP contribution is -2.51. The van der Waals surface area contributed by atoms with Crippen molar-refractivity contribution in [3.8, 4) is 11.5 Å². The van der Waals surface area contributed by atoms with E-state index in [1.165, 1.54) is 0 Å². The minimum absolute atomic E-state index is 0.194. The van der Waals surface area contributed by atoms with E-state index in [0.717, 1.165) is 28.7 Å². The van der Waals surface area contributed by atoms with Crippen LogP contribution in [0.3, 0.4) is 0 Å². The molecule has 0 saturated carbocycles. The van der Waals surface area contributed by atoms with E-state index in [1.54, 1.807) is 12.0 Å². The highest BCUT2D eigenvalue weighted by molar-refractivity contribution is 6.32. The number of amides is 2. The van der Waals surface area contributed by atoms with Gasteiger partial charge in [0.25, 0.3) is 5.91 Å². The van der Waals surface area contributed by atoms with Crippen LogP contribution in [0.4, 0.5) is 0 Å². The van der Waals surface area contributed by atoms with Crippen LogP contribution in [-0.2, 0) is 22.6 Å². The molecule has 7 heteroatoms. The number of methoxy groups -OCH3 is 1. The first-order valence-electron chi connectivity index (χ1n) is 12.5. The van der Waals surface area contributed by atoms with Gasteiger partial charge in [-0.25, -0.2) is 0 Å². The molecule has 0 spiro atoms. The average molecular weight is 523 g/mol. The molecule has 6 nitrogen and oxygen atoms in total. The number of carbonyl (C=O) groups excluding carboxylic acids is 2. The molecule has 0 aliphatic carbocycles. The van der Waals surface area contributed by atoms with Gasteiger partial charge in [0.15, 0.2) is 6.61 Å². The zero-order chi connectivity index (χ0) is 26.8. The molecule has 1 atom stereocenters. The summed E-state index contributed by atoms with van der Waals surface area (Å²) in [5.41, 5.74) is 3.57. The van der Waals surface area contributed by atoms with Gasteiger partial charge < -0.3 is 19.7 Å². The first-order chi connectivity index (χ1) is 17.8. The Morgan fingerprint density at radius 2 is 1.62 bits per heavy atom. The molecule has 3 aromatic rings. The van der Waals surface area contributed by atoms with Gasteiger partial charge in [-0.15, -0.1) is 0 Å². The number of hydrogen-bond donors (Lipinski definition) is 1. The zero-order valence-corrected chi connectivity index (χ0v) is 22.7. The Balaban J connectivity index is 1.92. The highest BCUT2D eigenvalue weighted by Crippen LogP contribution is 2.26. The van der Waals surface area contributed by atoms with Crippen LogP contribution in [0.1, 0.15) is 35.6 Å². The predicted molar refractivity (Wildman–Crippen MR) is 147 cm³/mol. The van der Waals surface area contributed by atoms with Crippen LogP contribution >= 0.6 is 11.6 Å². The van der Waals surface area contributed by atoms with E-state index in [0.29, 0.717) is 29.5 Å². The van der Waals surface area contributed by atoms with Crippen molar-refractivity contribution >= 4 is 23.4 Å². The number of aryl methyl sites for hydroxylation is 2. The lowest BCUT2D eigenvalue weighted by molar-refractivity contribution is -0.142. The Bertz CT molecular complexity index is 1180. The third-order valence-electron chi connectivity index (χ3n) is 6.08. The molecule has 1 N–H and O–H groups in total. The third kappa shape index (κ3) is 7.99. The van der Waals surface area contributed by atoms with Gasteiger partial charge in [0.2, 0.25) is 5.91 Å². The fourth-order valence-electron chi connectivity index (χ4n) is 4.10. The summed E-state index contributed by atoms with van der Waals surface area (Å²) in [5, 5.41) is 3.65. The first-order valence-corrected chi connectivity index (χ1v) is 12.8. The second-order valence-corrected chi connectivity index (χ2v) is 9.41. The van der Waals surface area contributed by atoms with E-state index in [9.17, 15) is 9.59 Å². The van der Waals surface area contributed by atoms with E-state index in [1.807, 2.05) is 87.5 Å². The molecule has 0 unspecified atom stereocenters. The van der Waals surface area contributed by atoms with Crippen molar-refractivity contribution in [1.29, 1.82) is 0 Å². The number of nitrogens with one attached hydrogen (secondary N) is 1. The highest BCUT2D eigenvalue weighted by atomic mass is 35.5. The van der Waals surface area contributed by atoms with Crippen LogP contribution < -0.4 is 14.8 Å². The van der Waals surface area contributed by atoms with Crippen LogP contribution in [-0.4, -0.2) is 43.0 Å². The summed E-state index contributed by atoms with van der Waals surface area (Å²) in [6.45, 7) is 6.34. The minimum atomic E-state index is -0.718. The van der Waals surface area contributed by atoms with Gasteiger partial charge >= 0.3 is 0 Å². The molecule has 0 aromatic heterocycles. The summed E-state index contributed by atoms with van der Waals surface area (Å²) in [7, 11) is 1.60. The Hall–Kier alpha value is -3.51. The SMILES string of the molecule is CCCNC(=O)[C@@H](Cc1ccccc1)N(Cc1cccc(OC)c1)C(=O)COc1cc(C)c(Cl)c(C)c1. The van der Waals surface area contributed by atoms with Crippen molar-refractivity contribution in [3.05, 3.63) is 94.0 Å². The van der Waals surface area contributed by atoms with E-state index in [2.05, 4.69) is 5.32 Å². The monoisotopic (exact) mass is 522 g/mol. The fourth-order valence-corrected chi connectivity index (χ4v) is 4.21. The van der Waals surface area contributed by atoms with Crippen molar-refractivity contribution in [1.82, 2.24) is 10.2 Å². The topological polar surface area (TPSA) is 67.9 Å². The molecular formula is C30H35ClN2O4. The van der Waals surface area contributed by atoms with Crippen LogP contribution in [0.5, 0.6) is 11.5 Å². The summed E-state index contributed by atoms with van der Waals surface area (Å²) in [6, 6.07) is 20.1. The van der Waals surface area contributed by atoms with Gasteiger partial charge in [0.05, 0.1) is 7.11 Å². The first kappa shape index (κ1) is 28.1. The lowest BCUT2D eigenvalue weighted by atomic mass is 10.0. The van der Waals surface area contributed by atoms with E-state index in [-0.39, 0.29) is 25.0 Å². The van der Waals surface area contributed by atoms with Crippen molar-refractivity contribution in [3.63, 3.8) is 0 Å². The molecule has 3 rings (SSSR count). The van der Waals surface area contributed by atoms with Gasteiger partial charge in [-0.05, 0) is 66.8 Å². The zero-order valence-electron chi connectivity index (χ0n) is 21.9. The highest BCUT2D eigenvalue weighted by Gasteiger charge is 2.30. The molecule has 0 radical (unpaired) electrons. The second kappa shape index (κ2) is 13.7. The molecule has 0 bridgehead atoms. The van der Waals surface area contributed by atoms with Crippen LogP contribution in [0, 0.1) is 13.8 Å². The summed E-state index contributed by atoms with van der Waals surface area (Å²) >= 11 is 6.29. The van der Waals surface area contributed by atoms with Crippen molar-refractivity contribution in [2.24, 2.45) is 0 Å². The molecule has 0 fully saturated rings. The molecule has 196 valence electrons. The predicted octanol–water partition coefficient (Wildman–Crippen LogP) is 5.51. The average Bonchev–Trinajstić information content (AvgIpc) is 2.91. The van der Waals surface area contributed by atoms with Crippen molar-refractivity contribution in [2.75, 3.05) is 20.3 Å². The maximum atomic E-state index is 13.7.